The molecule has 6 saturated carbocycles. The van der Waals surface area contributed by atoms with E-state index in [2.05, 4.69) is 0 Å². The van der Waals surface area contributed by atoms with Crippen LogP contribution in [0.25, 0.3) is 0 Å². The first-order valence-electron chi connectivity index (χ1n) is 26.6. The second kappa shape index (κ2) is 19.9. The van der Waals surface area contributed by atoms with E-state index in [0.717, 1.165) is 44.9 Å². The highest BCUT2D eigenvalue weighted by Gasteiger charge is 2.66. The van der Waals surface area contributed by atoms with E-state index in [1.807, 2.05) is 48.5 Å². The Morgan fingerprint density at radius 2 is 0.903 bits per heavy atom. The molecule has 6 bridgehead atoms. The van der Waals surface area contributed by atoms with E-state index in [0.29, 0.717) is 19.3 Å². The maximum absolute atomic E-state index is 12.6. The molecule has 3 saturated heterocycles. The first-order valence-corrected chi connectivity index (χ1v) is 26.6. The number of hydrogen-bond acceptors (Lipinski definition) is 17. The van der Waals surface area contributed by atoms with Crippen LogP contribution in [0.4, 0.5) is 0 Å². The van der Waals surface area contributed by atoms with E-state index in [1.165, 1.54) is 20.8 Å². The number of ketones is 1. The lowest BCUT2D eigenvalue weighted by atomic mass is 9.75. The van der Waals surface area contributed by atoms with E-state index in [9.17, 15) is 43.2 Å². The highest BCUT2D eigenvalue weighted by Crippen LogP contribution is 2.58. The number of hydrogen-bond donors (Lipinski definition) is 0. The number of carbonyl (C=O) groups is 9. The standard InChI is InChI=1S/C20H30O5.C18H26O6.C17H24O6/c1-6-20(4,5)14(21)9-19(2,3)10-15(22)24-16-11-7-12-13(8-11)18(23)25-17(12)16;1-6-17(2,3)15(20)24-18(4,5)16(21)23-12-9-7-10-11(8-9)14(19)22-13(10)12;1-5-17(3,4)16(20)21-8(2)14(18)22-12-9-6-10-11(7-9)15(19)23-13(10)12/h11-13,16-17H,6-10H2,1-5H3;9-13H,6-8H2,1-5H3;8-13H,5-7H2,1-4H3. The normalized spacial score (nSPS) is 34.5. The van der Waals surface area contributed by atoms with Crippen LogP contribution in [0.3, 0.4) is 0 Å². The molecule has 16 unspecified atom stereocenters. The summed E-state index contributed by atoms with van der Waals surface area (Å²) in [5, 5.41) is 0. The predicted octanol–water partition coefficient (Wildman–Crippen LogP) is 7.38. The number of ether oxygens (including phenoxy) is 8. The van der Waals surface area contributed by atoms with Crippen LogP contribution in [0.2, 0.25) is 0 Å². The predicted molar refractivity (Wildman–Crippen MR) is 254 cm³/mol. The van der Waals surface area contributed by atoms with Gasteiger partial charge in [-0.2, -0.15) is 0 Å². The molecule has 402 valence electrons. The molecule has 72 heavy (non-hydrogen) atoms. The smallest absolute Gasteiger partial charge is 0.350 e. The van der Waals surface area contributed by atoms with Crippen LogP contribution < -0.4 is 0 Å². The Kier molecular flexibility index (Phi) is 15.3. The number of fused-ring (bicyclic) bond motifs is 3. The van der Waals surface area contributed by atoms with Crippen LogP contribution in [-0.4, -0.2) is 102 Å². The molecule has 17 heteroatoms. The molecule has 0 amide bonds. The summed E-state index contributed by atoms with van der Waals surface area (Å²) >= 11 is 0. The van der Waals surface area contributed by atoms with Gasteiger partial charge in [-0.15, -0.1) is 0 Å². The highest BCUT2D eigenvalue weighted by atomic mass is 16.6. The van der Waals surface area contributed by atoms with Crippen molar-refractivity contribution in [1.29, 1.82) is 0 Å². The first kappa shape index (κ1) is 55.2. The molecule has 9 aliphatic rings. The van der Waals surface area contributed by atoms with Crippen LogP contribution in [0, 0.1) is 74.9 Å². The summed E-state index contributed by atoms with van der Waals surface area (Å²) in [6, 6.07) is 0. The van der Waals surface area contributed by atoms with Gasteiger partial charge >= 0.3 is 47.8 Å². The number of esters is 8. The SMILES string of the molecule is CCC(C)(C)C(=O)CC(C)(C)CC(=O)OC1C2CC3C(=O)OC1C3C2.CCC(C)(C)C(=O)OC(C)(C)C(=O)OC1C2CC3C(=O)OC1C3C2.CCC(C)(C)C(=O)OC(C)C(=O)OC1C2CC3C(=O)OC1C3C2. The zero-order valence-electron chi connectivity index (χ0n) is 45.0. The molecule has 9 rings (SSSR count). The molecule has 9 fully saturated rings. The zero-order valence-corrected chi connectivity index (χ0v) is 45.0. The lowest BCUT2D eigenvalue weighted by Crippen LogP contribution is -2.46. The lowest BCUT2D eigenvalue weighted by Gasteiger charge is -2.32. The first-order chi connectivity index (χ1) is 33.3. The minimum atomic E-state index is -1.37. The Morgan fingerprint density at radius 3 is 1.32 bits per heavy atom. The maximum atomic E-state index is 12.6. The van der Waals surface area contributed by atoms with E-state index < -0.39 is 64.0 Å². The minimum Gasteiger partial charge on any atom is -0.458 e. The largest absolute Gasteiger partial charge is 0.458 e. The summed E-state index contributed by atoms with van der Waals surface area (Å²) in [5.74, 6) is -1.37. The summed E-state index contributed by atoms with van der Waals surface area (Å²) in [6.45, 7) is 25.3. The summed E-state index contributed by atoms with van der Waals surface area (Å²) in [5.41, 5.74) is -3.45. The number of rotatable bonds is 17. The van der Waals surface area contributed by atoms with Crippen LogP contribution in [0.15, 0.2) is 0 Å². The van der Waals surface area contributed by atoms with Gasteiger partial charge in [0.05, 0.1) is 35.0 Å². The third kappa shape index (κ3) is 10.7. The van der Waals surface area contributed by atoms with Gasteiger partial charge in [0.2, 0.25) is 5.60 Å². The van der Waals surface area contributed by atoms with Crippen molar-refractivity contribution in [3.05, 3.63) is 0 Å². The highest BCUT2D eigenvalue weighted by molar-refractivity contribution is 5.86. The summed E-state index contributed by atoms with van der Waals surface area (Å²) < 4.78 is 43.8. The fourth-order valence-corrected chi connectivity index (χ4v) is 12.3. The van der Waals surface area contributed by atoms with E-state index >= 15 is 0 Å². The van der Waals surface area contributed by atoms with Crippen LogP contribution in [0.1, 0.15) is 168 Å². The maximum Gasteiger partial charge on any atom is 0.350 e. The van der Waals surface area contributed by atoms with Crippen LogP contribution in [-0.2, 0) is 81.0 Å². The molecule has 6 aliphatic carbocycles. The molecular formula is C55H80O17. The van der Waals surface area contributed by atoms with E-state index in [4.69, 9.17) is 37.9 Å². The molecule has 0 spiro atoms. The third-order valence-corrected chi connectivity index (χ3v) is 18.2. The van der Waals surface area contributed by atoms with Crippen molar-refractivity contribution in [3.63, 3.8) is 0 Å². The van der Waals surface area contributed by atoms with Crippen molar-refractivity contribution in [2.75, 3.05) is 0 Å². The second-order valence-electron chi connectivity index (χ2n) is 25.5. The van der Waals surface area contributed by atoms with E-state index in [1.54, 1.807) is 27.7 Å². The average molecular weight is 1010 g/mol. The minimum absolute atomic E-state index is 0.0134. The fraction of sp³-hybridized carbons (Fsp3) is 0.836. The molecule has 17 nitrogen and oxygen atoms in total. The van der Waals surface area contributed by atoms with Gasteiger partial charge in [-0.05, 0) is 112 Å². The topological polar surface area (TPSA) is 227 Å². The summed E-state index contributed by atoms with van der Waals surface area (Å²) in [6.07, 6.45) is 4.53. The summed E-state index contributed by atoms with van der Waals surface area (Å²) in [7, 11) is 0. The quantitative estimate of drug-likeness (QED) is 0.102. The third-order valence-electron chi connectivity index (χ3n) is 18.2. The Balaban J connectivity index is 0.000000159. The molecule has 3 heterocycles. The van der Waals surface area contributed by atoms with Crippen LogP contribution >= 0.6 is 0 Å². The van der Waals surface area contributed by atoms with Crippen molar-refractivity contribution in [3.8, 4) is 0 Å². The van der Waals surface area contributed by atoms with Gasteiger partial charge < -0.3 is 37.9 Å². The van der Waals surface area contributed by atoms with Crippen molar-refractivity contribution >= 4 is 53.5 Å². The van der Waals surface area contributed by atoms with Gasteiger partial charge in [0.25, 0.3) is 0 Å². The average Bonchev–Trinajstić information content (AvgIpc) is 4.19. The van der Waals surface area contributed by atoms with Gasteiger partial charge in [0, 0.05) is 47.3 Å². The Labute approximate surface area is 424 Å². The van der Waals surface area contributed by atoms with Crippen molar-refractivity contribution in [1.82, 2.24) is 0 Å². The monoisotopic (exact) mass is 1010 g/mol. The second-order valence-corrected chi connectivity index (χ2v) is 25.5. The Bertz CT molecular complexity index is 2190. The molecule has 0 aromatic heterocycles. The van der Waals surface area contributed by atoms with Crippen molar-refractivity contribution < 1.29 is 81.0 Å². The van der Waals surface area contributed by atoms with Gasteiger partial charge in [0.1, 0.15) is 42.4 Å². The molecule has 16 atom stereocenters. The zero-order chi connectivity index (χ0) is 53.4. The molecular weight excluding hydrogens is 933 g/mol. The molecule has 0 N–H and O–H groups in total. The Morgan fingerprint density at radius 1 is 0.514 bits per heavy atom. The van der Waals surface area contributed by atoms with Gasteiger partial charge in [-0.3, -0.25) is 33.6 Å². The summed E-state index contributed by atoms with van der Waals surface area (Å²) in [4.78, 5) is 109. The van der Waals surface area contributed by atoms with Gasteiger partial charge in [-0.25, -0.2) is 9.59 Å². The molecule has 3 aliphatic heterocycles. The lowest BCUT2D eigenvalue weighted by molar-refractivity contribution is -0.192. The van der Waals surface area contributed by atoms with Gasteiger partial charge in [-0.1, -0.05) is 48.5 Å². The van der Waals surface area contributed by atoms with Crippen molar-refractivity contribution in [2.24, 2.45) is 74.9 Å². The van der Waals surface area contributed by atoms with E-state index in [-0.39, 0.29) is 119 Å². The molecule has 0 radical (unpaired) electrons. The molecule has 0 aromatic carbocycles. The Hall–Kier alpha value is -4.57. The van der Waals surface area contributed by atoms with Gasteiger partial charge in [0.15, 0.2) is 6.10 Å². The van der Waals surface area contributed by atoms with Crippen LogP contribution in [0.5, 0.6) is 0 Å². The fourth-order valence-electron chi connectivity index (χ4n) is 12.3. The number of Topliss-reactive ketones (excluding diaryl/α,β-unsaturated/α-hetero) is 1. The van der Waals surface area contributed by atoms with Crippen molar-refractivity contribution in [2.45, 2.75) is 216 Å². The number of carbonyl (C=O) groups excluding carboxylic acids is 9. The molecule has 0 aromatic rings.